The molecule has 3 aromatic rings. The van der Waals surface area contributed by atoms with Gasteiger partial charge < -0.3 is 4.74 Å². The minimum Gasteiger partial charge on any atom is -0.465 e. The summed E-state index contributed by atoms with van der Waals surface area (Å²) in [4.78, 5) is 11.7. The second-order valence-corrected chi connectivity index (χ2v) is 5.38. The van der Waals surface area contributed by atoms with Gasteiger partial charge in [-0.3, -0.25) is 0 Å². The number of esters is 1. The van der Waals surface area contributed by atoms with Gasteiger partial charge in [-0.1, -0.05) is 35.9 Å². The molecular formula is C18H11ClF2O2. The first kappa shape index (κ1) is 15.4. The highest BCUT2D eigenvalue weighted by molar-refractivity contribution is 6.33. The van der Waals surface area contributed by atoms with Gasteiger partial charge in [0.1, 0.15) is 11.6 Å². The Labute approximate surface area is 136 Å². The summed E-state index contributed by atoms with van der Waals surface area (Å²) in [5, 5.41) is 1.40. The van der Waals surface area contributed by atoms with Crippen molar-refractivity contribution in [3.05, 3.63) is 70.8 Å². The zero-order chi connectivity index (χ0) is 16.6. The lowest BCUT2D eigenvalue weighted by atomic mass is 9.96. The van der Waals surface area contributed by atoms with Crippen LogP contribution in [-0.4, -0.2) is 13.1 Å². The molecule has 0 aliphatic rings. The van der Waals surface area contributed by atoms with E-state index in [1.807, 2.05) is 6.07 Å². The highest BCUT2D eigenvalue weighted by atomic mass is 35.5. The van der Waals surface area contributed by atoms with Crippen molar-refractivity contribution in [2.75, 3.05) is 7.11 Å². The van der Waals surface area contributed by atoms with Gasteiger partial charge in [0.25, 0.3) is 0 Å². The predicted molar refractivity (Wildman–Crippen MR) is 85.6 cm³/mol. The summed E-state index contributed by atoms with van der Waals surface area (Å²) < 4.78 is 32.2. The van der Waals surface area contributed by atoms with Crippen molar-refractivity contribution < 1.29 is 18.3 Å². The van der Waals surface area contributed by atoms with Crippen LogP contribution in [0.2, 0.25) is 5.02 Å². The Balaban J connectivity index is 2.32. The first-order valence-electron chi connectivity index (χ1n) is 6.77. The van der Waals surface area contributed by atoms with Crippen LogP contribution in [0.3, 0.4) is 0 Å². The molecule has 0 N–H and O–H groups in total. The molecular weight excluding hydrogens is 322 g/mol. The summed E-state index contributed by atoms with van der Waals surface area (Å²) in [7, 11) is 1.29. The highest BCUT2D eigenvalue weighted by Crippen LogP contribution is 2.36. The third-order valence-corrected chi connectivity index (χ3v) is 3.88. The Morgan fingerprint density at radius 3 is 2.57 bits per heavy atom. The third kappa shape index (κ3) is 2.78. The second kappa shape index (κ2) is 5.97. The second-order valence-electron chi connectivity index (χ2n) is 4.98. The summed E-state index contributed by atoms with van der Waals surface area (Å²) in [6.07, 6.45) is 0. The molecule has 0 aliphatic carbocycles. The monoisotopic (exact) mass is 332 g/mol. The average molecular weight is 333 g/mol. The van der Waals surface area contributed by atoms with Crippen LogP contribution >= 0.6 is 11.6 Å². The summed E-state index contributed by atoms with van der Waals surface area (Å²) in [6, 6.07) is 12.1. The van der Waals surface area contributed by atoms with Gasteiger partial charge in [-0.05, 0) is 34.5 Å². The smallest absolute Gasteiger partial charge is 0.337 e. The van der Waals surface area contributed by atoms with Crippen LogP contribution in [0.15, 0.2) is 48.5 Å². The lowest BCUT2D eigenvalue weighted by Crippen LogP contribution is -2.01. The average Bonchev–Trinajstić information content (AvgIpc) is 2.53. The molecule has 0 radical (unpaired) electrons. The fourth-order valence-electron chi connectivity index (χ4n) is 2.53. The van der Waals surface area contributed by atoms with Crippen molar-refractivity contribution in [1.82, 2.24) is 0 Å². The topological polar surface area (TPSA) is 26.3 Å². The molecule has 0 atom stereocenters. The molecule has 0 saturated heterocycles. The van der Waals surface area contributed by atoms with Crippen LogP contribution in [-0.2, 0) is 4.74 Å². The van der Waals surface area contributed by atoms with E-state index < -0.39 is 17.6 Å². The van der Waals surface area contributed by atoms with Crippen LogP contribution in [0, 0.1) is 11.6 Å². The predicted octanol–water partition coefficient (Wildman–Crippen LogP) is 5.23. The lowest BCUT2D eigenvalue weighted by molar-refractivity contribution is 0.0601. The Morgan fingerprint density at radius 1 is 1.09 bits per heavy atom. The summed E-state index contributed by atoms with van der Waals surface area (Å²) >= 11 is 6.03. The van der Waals surface area contributed by atoms with Gasteiger partial charge in [0.2, 0.25) is 0 Å². The summed E-state index contributed by atoms with van der Waals surface area (Å²) in [5.74, 6) is -2.00. The molecule has 0 fully saturated rings. The van der Waals surface area contributed by atoms with Gasteiger partial charge in [0, 0.05) is 11.6 Å². The molecule has 23 heavy (non-hydrogen) atoms. The lowest BCUT2D eigenvalue weighted by Gasteiger charge is -2.11. The van der Waals surface area contributed by atoms with E-state index in [-0.39, 0.29) is 10.6 Å². The van der Waals surface area contributed by atoms with Crippen molar-refractivity contribution in [3.8, 4) is 11.1 Å². The van der Waals surface area contributed by atoms with Gasteiger partial charge in [0.15, 0.2) is 0 Å². The maximum Gasteiger partial charge on any atom is 0.337 e. The third-order valence-electron chi connectivity index (χ3n) is 3.58. The molecule has 116 valence electrons. The van der Waals surface area contributed by atoms with Gasteiger partial charge in [-0.25, -0.2) is 13.6 Å². The maximum absolute atomic E-state index is 14.2. The van der Waals surface area contributed by atoms with Crippen LogP contribution < -0.4 is 0 Å². The normalized spacial score (nSPS) is 10.8. The number of hydrogen-bond acceptors (Lipinski definition) is 2. The van der Waals surface area contributed by atoms with Crippen molar-refractivity contribution in [2.24, 2.45) is 0 Å². The molecule has 0 spiro atoms. The van der Waals surface area contributed by atoms with E-state index in [9.17, 15) is 13.6 Å². The number of halogens is 3. The number of rotatable bonds is 2. The molecule has 0 aliphatic heterocycles. The molecule has 0 saturated carbocycles. The first-order valence-corrected chi connectivity index (χ1v) is 7.15. The summed E-state index contributed by atoms with van der Waals surface area (Å²) in [5.41, 5.74) is 0.919. The number of carbonyl (C=O) groups is 1. The first-order chi connectivity index (χ1) is 11.0. The number of fused-ring (bicyclic) bond motifs is 1. The summed E-state index contributed by atoms with van der Waals surface area (Å²) in [6.45, 7) is 0. The Morgan fingerprint density at radius 2 is 1.87 bits per heavy atom. The minimum atomic E-state index is -0.758. The van der Waals surface area contributed by atoms with Crippen molar-refractivity contribution in [1.29, 1.82) is 0 Å². The standard InChI is InChI=1S/C18H11ClF2O2/c1-23-18(22)11-6-5-10-3-2-4-13(14(10)7-11)17-15(19)8-12(20)9-16(17)21/h2-9H,1H3. The number of ether oxygens (including phenoxy) is 1. The molecule has 3 aromatic carbocycles. The minimum absolute atomic E-state index is 0.0292. The van der Waals surface area contributed by atoms with Crippen LogP contribution in [0.5, 0.6) is 0 Å². The molecule has 2 nitrogen and oxygen atoms in total. The number of benzene rings is 3. The molecule has 0 heterocycles. The van der Waals surface area contributed by atoms with E-state index in [0.29, 0.717) is 16.5 Å². The van der Waals surface area contributed by atoms with E-state index in [2.05, 4.69) is 0 Å². The molecule has 0 unspecified atom stereocenters. The number of methoxy groups -OCH3 is 1. The number of hydrogen-bond donors (Lipinski definition) is 0. The van der Waals surface area contributed by atoms with Gasteiger partial charge in [-0.2, -0.15) is 0 Å². The van der Waals surface area contributed by atoms with Crippen LogP contribution in [0.4, 0.5) is 8.78 Å². The molecule has 5 heteroatoms. The molecule has 0 bridgehead atoms. The Hall–Kier alpha value is -2.46. The highest BCUT2D eigenvalue weighted by Gasteiger charge is 2.16. The largest absolute Gasteiger partial charge is 0.465 e. The Kier molecular flexibility index (Phi) is 4.01. The van der Waals surface area contributed by atoms with Gasteiger partial charge >= 0.3 is 5.97 Å². The maximum atomic E-state index is 14.2. The van der Waals surface area contributed by atoms with Crippen molar-refractivity contribution in [2.45, 2.75) is 0 Å². The molecule has 3 rings (SSSR count). The van der Waals surface area contributed by atoms with Gasteiger partial charge in [0.05, 0.1) is 17.7 Å². The Bertz CT molecular complexity index is 899. The van der Waals surface area contributed by atoms with Crippen LogP contribution in [0.1, 0.15) is 10.4 Å². The van der Waals surface area contributed by atoms with E-state index in [1.54, 1.807) is 30.3 Å². The SMILES string of the molecule is COC(=O)c1ccc2cccc(-c3c(F)cc(F)cc3Cl)c2c1. The zero-order valence-corrected chi connectivity index (χ0v) is 12.8. The fraction of sp³-hybridized carbons (Fsp3) is 0.0556. The fourth-order valence-corrected chi connectivity index (χ4v) is 2.83. The van der Waals surface area contributed by atoms with E-state index >= 15 is 0 Å². The van der Waals surface area contributed by atoms with E-state index in [0.717, 1.165) is 17.5 Å². The quantitative estimate of drug-likeness (QED) is 0.601. The van der Waals surface area contributed by atoms with Crippen molar-refractivity contribution >= 4 is 28.3 Å². The van der Waals surface area contributed by atoms with Crippen LogP contribution in [0.25, 0.3) is 21.9 Å². The van der Waals surface area contributed by atoms with Gasteiger partial charge in [-0.15, -0.1) is 0 Å². The van der Waals surface area contributed by atoms with E-state index in [1.165, 1.54) is 7.11 Å². The number of carbonyl (C=O) groups excluding carboxylic acids is 1. The van der Waals surface area contributed by atoms with Crippen molar-refractivity contribution in [3.63, 3.8) is 0 Å². The zero-order valence-electron chi connectivity index (χ0n) is 12.1. The van der Waals surface area contributed by atoms with E-state index in [4.69, 9.17) is 16.3 Å². The molecule has 0 amide bonds. The molecule has 0 aromatic heterocycles.